The van der Waals surface area contributed by atoms with Gasteiger partial charge >= 0.3 is 6.01 Å². The molecule has 22 heavy (non-hydrogen) atoms. The van der Waals surface area contributed by atoms with Crippen LogP contribution in [-0.2, 0) is 0 Å². The van der Waals surface area contributed by atoms with E-state index in [0.717, 1.165) is 19.5 Å². The van der Waals surface area contributed by atoms with Gasteiger partial charge in [0, 0.05) is 6.54 Å². The number of nitrogens with zero attached hydrogens (tertiary/aromatic N) is 3. The van der Waals surface area contributed by atoms with Crippen LogP contribution in [0.2, 0.25) is 0 Å². The quantitative estimate of drug-likeness (QED) is 0.831. The van der Waals surface area contributed by atoms with Crippen LogP contribution in [-0.4, -0.2) is 41.2 Å². The molecule has 1 fully saturated rings. The molecule has 0 radical (unpaired) electrons. The van der Waals surface area contributed by atoms with Crippen molar-refractivity contribution in [3.63, 3.8) is 0 Å². The fourth-order valence-electron chi connectivity index (χ4n) is 2.73. The number of nitrogens with one attached hydrogen (secondary N) is 1. The first-order valence-electron chi connectivity index (χ1n) is 7.88. The van der Waals surface area contributed by atoms with Crippen LogP contribution in [0.5, 0.6) is 0 Å². The first-order valence-corrected chi connectivity index (χ1v) is 7.88. The number of aromatic nitrogens is 2. The van der Waals surface area contributed by atoms with Crippen molar-refractivity contribution in [2.45, 2.75) is 25.7 Å². The first-order chi connectivity index (χ1) is 10.8. The molecule has 3 rings (SSSR count). The number of benzene rings is 1. The van der Waals surface area contributed by atoms with Crippen LogP contribution < -0.4 is 5.32 Å². The molecular formula is C16H21FN4O. The minimum absolute atomic E-state index is 0.275. The van der Waals surface area contributed by atoms with Gasteiger partial charge in [-0.05, 0) is 51.0 Å². The maximum atomic E-state index is 13.6. The molecule has 0 amide bonds. The smallest absolute Gasteiger partial charge is 0.321 e. The molecule has 0 atom stereocenters. The molecule has 2 heterocycles. The number of hydrogen-bond acceptors (Lipinski definition) is 5. The van der Waals surface area contributed by atoms with E-state index in [9.17, 15) is 4.39 Å². The van der Waals surface area contributed by atoms with Crippen LogP contribution in [0, 0.1) is 5.82 Å². The van der Waals surface area contributed by atoms with Crippen LogP contribution in [0.15, 0.2) is 28.8 Å². The average Bonchev–Trinajstić information content (AvgIpc) is 3.02. The predicted molar refractivity (Wildman–Crippen MR) is 83.1 cm³/mol. The summed E-state index contributed by atoms with van der Waals surface area (Å²) in [5, 5.41) is 6.92. The SMILES string of the molecule is Fc1ccccc1-c1noc(NCCCN2CCCCC2)n1. The van der Waals surface area contributed by atoms with Gasteiger partial charge in [-0.2, -0.15) is 4.98 Å². The lowest BCUT2D eigenvalue weighted by molar-refractivity contribution is 0.228. The van der Waals surface area contributed by atoms with E-state index in [1.54, 1.807) is 18.2 Å². The molecule has 1 aliphatic rings. The Bertz CT molecular complexity index is 595. The summed E-state index contributed by atoms with van der Waals surface area (Å²) in [6.45, 7) is 4.27. The van der Waals surface area contributed by atoms with E-state index in [0.29, 0.717) is 11.6 Å². The van der Waals surface area contributed by atoms with Crippen LogP contribution in [0.3, 0.4) is 0 Å². The number of rotatable bonds is 6. The number of piperidine rings is 1. The zero-order valence-corrected chi connectivity index (χ0v) is 12.6. The standard InChI is InChI=1S/C16H21FN4O/c17-14-8-3-2-7-13(14)15-19-16(22-20-15)18-9-6-12-21-10-4-1-5-11-21/h2-3,7-8H,1,4-6,9-12H2,(H,18,19,20). The van der Waals surface area contributed by atoms with Crippen LogP contribution in [0.25, 0.3) is 11.4 Å². The molecule has 2 aromatic rings. The topological polar surface area (TPSA) is 54.2 Å². The number of likely N-dealkylation sites (tertiary alicyclic amines) is 1. The lowest BCUT2D eigenvalue weighted by atomic mass is 10.1. The summed E-state index contributed by atoms with van der Waals surface area (Å²) >= 11 is 0. The molecular weight excluding hydrogens is 283 g/mol. The fraction of sp³-hybridized carbons (Fsp3) is 0.500. The number of halogens is 1. The average molecular weight is 304 g/mol. The fourth-order valence-corrected chi connectivity index (χ4v) is 2.73. The van der Waals surface area contributed by atoms with Gasteiger partial charge in [0.05, 0.1) is 5.56 Å². The Morgan fingerprint density at radius 2 is 2.00 bits per heavy atom. The largest absolute Gasteiger partial charge is 0.338 e. The molecule has 1 aromatic heterocycles. The van der Waals surface area contributed by atoms with E-state index in [1.807, 2.05) is 0 Å². The van der Waals surface area contributed by atoms with Crippen molar-refractivity contribution in [2.75, 3.05) is 31.5 Å². The van der Waals surface area contributed by atoms with Crippen LogP contribution in [0.1, 0.15) is 25.7 Å². The van der Waals surface area contributed by atoms with Gasteiger partial charge in [-0.25, -0.2) is 4.39 Å². The van der Waals surface area contributed by atoms with E-state index in [2.05, 4.69) is 20.4 Å². The predicted octanol–water partition coefficient (Wildman–Crippen LogP) is 3.16. The van der Waals surface area contributed by atoms with Gasteiger partial charge in [0.15, 0.2) is 0 Å². The second-order valence-electron chi connectivity index (χ2n) is 5.59. The van der Waals surface area contributed by atoms with Gasteiger partial charge < -0.3 is 14.7 Å². The van der Waals surface area contributed by atoms with Crippen molar-refractivity contribution < 1.29 is 8.91 Å². The Hall–Kier alpha value is -1.95. The van der Waals surface area contributed by atoms with Gasteiger partial charge in [-0.15, -0.1) is 0 Å². The number of anilines is 1. The van der Waals surface area contributed by atoms with Gasteiger partial charge in [-0.1, -0.05) is 23.7 Å². The van der Waals surface area contributed by atoms with E-state index in [1.165, 1.54) is 38.4 Å². The zero-order chi connectivity index (χ0) is 15.2. The van der Waals surface area contributed by atoms with Crippen molar-refractivity contribution in [2.24, 2.45) is 0 Å². The van der Waals surface area contributed by atoms with Crippen molar-refractivity contribution in [3.8, 4) is 11.4 Å². The summed E-state index contributed by atoms with van der Waals surface area (Å²) in [5.41, 5.74) is 0.354. The molecule has 1 saturated heterocycles. The van der Waals surface area contributed by atoms with Gasteiger partial charge in [0.25, 0.3) is 0 Å². The third kappa shape index (κ3) is 3.82. The van der Waals surface area contributed by atoms with Crippen molar-refractivity contribution >= 4 is 6.01 Å². The molecule has 1 aliphatic heterocycles. The first kappa shape index (κ1) is 15.0. The van der Waals surface area contributed by atoms with Crippen LogP contribution >= 0.6 is 0 Å². The lowest BCUT2D eigenvalue weighted by Crippen LogP contribution is -2.31. The second-order valence-corrected chi connectivity index (χ2v) is 5.59. The molecule has 6 heteroatoms. The summed E-state index contributed by atoms with van der Waals surface area (Å²) in [6, 6.07) is 6.76. The summed E-state index contributed by atoms with van der Waals surface area (Å²) in [5.74, 6) is -0.0726. The van der Waals surface area contributed by atoms with E-state index in [-0.39, 0.29) is 11.6 Å². The minimum Gasteiger partial charge on any atom is -0.338 e. The summed E-state index contributed by atoms with van der Waals surface area (Å²) in [6.07, 6.45) is 5.00. The van der Waals surface area contributed by atoms with Gasteiger partial charge in [-0.3, -0.25) is 0 Å². The van der Waals surface area contributed by atoms with E-state index in [4.69, 9.17) is 4.52 Å². The molecule has 1 aromatic carbocycles. The molecule has 0 spiro atoms. The highest BCUT2D eigenvalue weighted by atomic mass is 19.1. The Balaban J connectivity index is 1.47. The molecule has 5 nitrogen and oxygen atoms in total. The van der Waals surface area contributed by atoms with Crippen molar-refractivity contribution in [1.82, 2.24) is 15.0 Å². The van der Waals surface area contributed by atoms with Crippen molar-refractivity contribution in [3.05, 3.63) is 30.1 Å². The third-order valence-corrected chi connectivity index (χ3v) is 3.92. The maximum Gasteiger partial charge on any atom is 0.321 e. The Labute approximate surface area is 129 Å². The third-order valence-electron chi connectivity index (χ3n) is 3.92. The van der Waals surface area contributed by atoms with Gasteiger partial charge in [0.2, 0.25) is 5.82 Å². The van der Waals surface area contributed by atoms with Crippen LogP contribution in [0.4, 0.5) is 10.4 Å². The highest BCUT2D eigenvalue weighted by molar-refractivity contribution is 5.56. The minimum atomic E-state index is -0.347. The molecule has 0 saturated carbocycles. The molecule has 118 valence electrons. The highest BCUT2D eigenvalue weighted by Crippen LogP contribution is 2.20. The zero-order valence-electron chi connectivity index (χ0n) is 12.6. The maximum absolute atomic E-state index is 13.6. The van der Waals surface area contributed by atoms with E-state index < -0.39 is 0 Å². The Kier molecular flexibility index (Phi) is 5.00. The van der Waals surface area contributed by atoms with Crippen molar-refractivity contribution in [1.29, 1.82) is 0 Å². The monoisotopic (exact) mass is 304 g/mol. The molecule has 0 aliphatic carbocycles. The summed E-state index contributed by atoms with van der Waals surface area (Å²) in [4.78, 5) is 6.67. The second kappa shape index (κ2) is 7.35. The normalized spacial score (nSPS) is 15.9. The molecule has 0 unspecified atom stereocenters. The Morgan fingerprint density at radius 1 is 1.18 bits per heavy atom. The van der Waals surface area contributed by atoms with E-state index >= 15 is 0 Å². The summed E-state index contributed by atoms with van der Waals surface area (Å²) < 4.78 is 18.8. The lowest BCUT2D eigenvalue weighted by Gasteiger charge is -2.26. The number of hydrogen-bond donors (Lipinski definition) is 1. The Morgan fingerprint density at radius 3 is 2.82 bits per heavy atom. The molecule has 0 bridgehead atoms. The molecule has 1 N–H and O–H groups in total. The summed E-state index contributed by atoms with van der Waals surface area (Å²) in [7, 11) is 0. The highest BCUT2D eigenvalue weighted by Gasteiger charge is 2.12. The van der Waals surface area contributed by atoms with Gasteiger partial charge in [0.1, 0.15) is 5.82 Å².